The first-order chi connectivity index (χ1) is 12.4. The van der Waals surface area contributed by atoms with Gasteiger partial charge in [0.2, 0.25) is 0 Å². The number of nitrogens with zero attached hydrogens (tertiary/aromatic N) is 2. The molecule has 26 heavy (non-hydrogen) atoms. The first kappa shape index (κ1) is 18.6. The second-order valence-corrected chi connectivity index (χ2v) is 7.11. The average molecular weight is 357 g/mol. The third kappa shape index (κ3) is 3.66. The standard InChI is InChI=1S/C20H27N3O3/c1-13-18(16(4)24)14(2)21-19(13)20(25)15(3)23-9-7-22(8-10-23)12-17-6-5-11-26-17/h5-6,11,15,21H,7-10,12H2,1-4H3. The van der Waals surface area contributed by atoms with E-state index in [1.54, 1.807) is 13.2 Å². The molecule has 3 rings (SSSR count). The molecule has 3 heterocycles. The molecule has 140 valence electrons. The average Bonchev–Trinajstić information content (AvgIpc) is 3.21. The Hall–Kier alpha value is -2.18. The Balaban J connectivity index is 1.63. The smallest absolute Gasteiger partial charge is 0.196 e. The molecule has 1 aliphatic rings. The van der Waals surface area contributed by atoms with E-state index in [2.05, 4.69) is 14.8 Å². The molecule has 1 aliphatic heterocycles. The Bertz CT molecular complexity index is 784. The fourth-order valence-electron chi connectivity index (χ4n) is 3.83. The van der Waals surface area contributed by atoms with Crippen LogP contribution in [0, 0.1) is 13.8 Å². The normalized spacial score (nSPS) is 17.4. The minimum Gasteiger partial charge on any atom is -0.468 e. The van der Waals surface area contributed by atoms with E-state index in [0.717, 1.165) is 49.7 Å². The van der Waals surface area contributed by atoms with Gasteiger partial charge in [0.1, 0.15) is 5.76 Å². The summed E-state index contributed by atoms with van der Waals surface area (Å²) in [5, 5.41) is 0. The van der Waals surface area contributed by atoms with Crippen LogP contribution in [0.3, 0.4) is 0 Å². The van der Waals surface area contributed by atoms with Gasteiger partial charge in [0.25, 0.3) is 0 Å². The first-order valence-electron chi connectivity index (χ1n) is 9.11. The minimum absolute atomic E-state index is 0.00510. The fraction of sp³-hybridized carbons (Fsp3) is 0.500. The van der Waals surface area contributed by atoms with Crippen molar-refractivity contribution in [2.75, 3.05) is 26.2 Å². The third-order valence-electron chi connectivity index (χ3n) is 5.33. The van der Waals surface area contributed by atoms with Crippen molar-refractivity contribution in [1.82, 2.24) is 14.8 Å². The van der Waals surface area contributed by atoms with Crippen LogP contribution in [0.25, 0.3) is 0 Å². The van der Waals surface area contributed by atoms with Gasteiger partial charge in [-0.1, -0.05) is 0 Å². The quantitative estimate of drug-likeness (QED) is 0.805. The van der Waals surface area contributed by atoms with Crippen LogP contribution >= 0.6 is 0 Å². The molecular weight excluding hydrogens is 330 g/mol. The number of H-pyrrole nitrogens is 1. The van der Waals surface area contributed by atoms with E-state index in [1.807, 2.05) is 32.9 Å². The van der Waals surface area contributed by atoms with Crippen LogP contribution in [0.15, 0.2) is 22.8 Å². The van der Waals surface area contributed by atoms with Crippen LogP contribution in [0.1, 0.15) is 51.7 Å². The maximum Gasteiger partial charge on any atom is 0.196 e. The number of rotatable bonds is 6. The molecule has 6 nitrogen and oxygen atoms in total. The summed E-state index contributed by atoms with van der Waals surface area (Å²) in [6.07, 6.45) is 1.70. The summed E-state index contributed by atoms with van der Waals surface area (Å²) in [5.41, 5.74) is 2.75. The SMILES string of the molecule is CC(=O)c1c(C)[nH]c(C(=O)C(C)N2CCN(Cc3ccco3)CC2)c1C. The van der Waals surface area contributed by atoms with Crippen LogP contribution in [0.5, 0.6) is 0 Å². The molecule has 1 N–H and O–H groups in total. The lowest BCUT2D eigenvalue weighted by atomic mass is 10.0. The lowest BCUT2D eigenvalue weighted by Gasteiger charge is -2.37. The van der Waals surface area contributed by atoms with Crippen LogP contribution in [0.4, 0.5) is 0 Å². The van der Waals surface area contributed by atoms with Gasteiger partial charge >= 0.3 is 0 Å². The number of furan rings is 1. The number of aryl methyl sites for hydroxylation is 1. The second kappa shape index (κ2) is 7.60. The Kier molecular flexibility index (Phi) is 5.44. The predicted octanol–water partition coefficient (Wildman–Crippen LogP) is 2.82. The number of nitrogens with one attached hydrogen (secondary N) is 1. The molecule has 0 aromatic carbocycles. The molecule has 1 fully saturated rings. The van der Waals surface area contributed by atoms with E-state index < -0.39 is 0 Å². The molecule has 0 bridgehead atoms. The van der Waals surface area contributed by atoms with Gasteiger partial charge in [-0.15, -0.1) is 0 Å². The molecule has 0 radical (unpaired) electrons. The van der Waals surface area contributed by atoms with E-state index >= 15 is 0 Å². The summed E-state index contributed by atoms with van der Waals surface area (Å²) in [7, 11) is 0. The highest BCUT2D eigenvalue weighted by Crippen LogP contribution is 2.21. The van der Waals surface area contributed by atoms with Crippen molar-refractivity contribution >= 4 is 11.6 Å². The van der Waals surface area contributed by atoms with Gasteiger partial charge in [-0.3, -0.25) is 19.4 Å². The van der Waals surface area contributed by atoms with Crippen LogP contribution in [0.2, 0.25) is 0 Å². The van der Waals surface area contributed by atoms with E-state index in [4.69, 9.17) is 4.42 Å². The molecule has 6 heteroatoms. The van der Waals surface area contributed by atoms with Gasteiger partial charge in [-0.25, -0.2) is 0 Å². The van der Waals surface area contributed by atoms with Crippen molar-refractivity contribution in [1.29, 1.82) is 0 Å². The Morgan fingerprint density at radius 3 is 2.46 bits per heavy atom. The van der Waals surface area contributed by atoms with Crippen molar-refractivity contribution in [2.24, 2.45) is 0 Å². The van der Waals surface area contributed by atoms with Gasteiger partial charge in [0.05, 0.1) is 24.5 Å². The highest BCUT2D eigenvalue weighted by atomic mass is 16.3. The molecule has 0 amide bonds. The van der Waals surface area contributed by atoms with Gasteiger partial charge < -0.3 is 9.40 Å². The lowest BCUT2D eigenvalue weighted by Crippen LogP contribution is -2.51. The van der Waals surface area contributed by atoms with Crippen molar-refractivity contribution in [2.45, 2.75) is 40.3 Å². The zero-order chi connectivity index (χ0) is 18.8. The number of hydrogen-bond donors (Lipinski definition) is 1. The van der Waals surface area contributed by atoms with Gasteiger partial charge in [0, 0.05) is 37.4 Å². The summed E-state index contributed by atoms with van der Waals surface area (Å²) < 4.78 is 5.41. The summed E-state index contributed by atoms with van der Waals surface area (Å²) >= 11 is 0. The summed E-state index contributed by atoms with van der Waals surface area (Å²) in [6, 6.07) is 3.68. The monoisotopic (exact) mass is 357 g/mol. The topological polar surface area (TPSA) is 69.6 Å². The molecule has 0 spiro atoms. The van der Waals surface area contributed by atoms with Gasteiger partial charge in [-0.05, 0) is 45.4 Å². The highest BCUT2D eigenvalue weighted by molar-refractivity contribution is 6.05. The summed E-state index contributed by atoms with van der Waals surface area (Å²) in [4.78, 5) is 32.5. The first-order valence-corrected chi connectivity index (χ1v) is 9.11. The van der Waals surface area contributed by atoms with Crippen molar-refractivity contribution in [3.63, 3.8) is 0 Å². The Morgan fingerprint density at radius 2 is 1.92 bits per heavy atom. The van der Waals surface area contributed by atoms with Gasteiger partial charge in [-0.2, -0.15) is 0 Å². The van der Waals surface area contributed by atoms with Crippen LogP contribution in [-0.2, 0) is 6.54 Å². The number of aromatic amines is 1. The Morgan fingerprint density at radius 1 is 1.23 bits per heavy atom. The minimum atomic E-state index is -0.211. The van der Waals surface area contributed by atoms with Gasteiger partial charge in [0.15, 0.2) is 11.6 Å². The van der Waals surface area contributed by atoms with Crippen LogP contribution < -0.4 is 0 Å². The molecule has 1 atom stereocenters. The Labute approximate surface area is 154 Å². The maximum absolute atomic E-state index is 13.0. The predicted molar refractivity (Wildman–Crippen MR) is 99.6 cm³/mol. The number of aromatic nitrogens is 1. The molecule has 2 aromatic heterocycles. The van der Waals surface area contributed by atoms with Crippen molar-refractivity contribution in [3.05, 3.63) is 46.7 Å². The number of ketones is 2. The number of Topliss-reactive ketones (excluding diaryl/α,β-unsaturated/α-hetero) is 2. The molecular formula is C20H27N3O3. The van der Waals surface area contributed by atoms with E-state index in [-0.39, 0.29) is 17.6 Å². The van der Waals surface area contributed by atoms with E-state index in [9.17, 15) is 9.59 Å². The lowest BCUT2D eigenvalue weighted by molar-refractivity contribution is 0.0669. The largest absolute Gasteiger partial charge is 0.468 e. The second-order valence-electron chi connectivity index (χ2n) is 7.11. The third-order valence-corrected chi connectivity index (χ3v) is 5.33. The molecule has 1 unspecified atom stereocenters. The fourth-order valence-corrected chi connectivity index (χ4v) is 3.83. The van der Waals surface area contributed by atoms with Crippen molar-refractivity contribution < 1.29 is 14.0 Å². The number of carbonyl (C=O) groups excluding carboxylic acids is 2. The zero-order valence-corrected chi connectivity index (χ0v) is 16.0. The number of piperazine rings is 1. The van der Waals surface area contributed by atoms with Crippen molar-refractivity contribution in [3.8, 4) is 0 Å². The molecule has 1 saturated heterocycles. The van der Waals surface area contributed by atoms with Crippen LogP contribution in [-0.4, -0.2) is 58.6 Å². The molecule has 2 aromatic rings. The number of hydrogen-bond acceptors (Lipinski definition) is 5. The molecule has 0 saturated carbocycles. The summed E-state index contributed by atoms with van der Waals surface area (Å²) in [6.45, 7) is 11.5. The van der Waals surface area contributed by atoms with E-state index in [0.29, 0.717) is 11.3 Å². The summed E-state index contributed by atoms with van der Waals surface area (Å²) in [5.74, 6) is 1.02. The molecule has 0 aliphatic carbocycles. The highest BCUT2D eigenvalue weighted by Gasteiger charge is 2.29. The number of carbonyl (C=O) groups is 2. The zero-order valence-electron chi connectivity index (χ0n) is 16.0. The maximum atomic E-state index is 13.0. The van der Waals surface area contributed by atoms with E-state index in [1.165, 1.54) is 0 Å².